The summed E-state index contributed by atoms with van der Waals surface area (Å²) in [6, 6.07) is 3.81. The highest BCUT2D eigenvalue weighted by atomic mass is 16.5. The van der Waals surface area contributed by atoms with Gasteiger partial charge in [0.1, 0.15) is 0 Å². The number of rotatable bonds is 10. The van der Waals surface area contributed by atoms with Crippen molar-refractivity contribution in [3.8, 4) is 17.2 Å². The molecule has 0 heterocycles. The third-order valence-corrected chi connectivity index (χ3v) is 3.35. The Morgan fingerprint density at radius 3 is 2.09 bits per heavy atom. The zero-order chi connectivity index (χ0) is 16.5. The lowest BCUT2D eigenvalue weighted by Gasteiger charge is -2.22. The quantitative estimate of drug-likeness (QED) is 0.695. The van der Waals surface area contributed by atoms with E-state index in [0.29, 0.717) is 43.5 Å². The maximum Gasteiger partial charge on any atom is 0.203 e. The molecular formula is C17H28O5. The zero-order valence-electron chi connectivity index (χ0n) is 14.0. The monoisotopic (exact) mass is 312 g/mol. The van der Waals surface area contributed by atoms with Crippen LogP contribution in [0.5, 0.6) is 17.2 Å². The number of hydrogen-bond donors (Lipinski definition) is 2. The van der Waals surface area contributed by atoms with Crippen molar-refractivity contribution in [1.82, 2.24) is 0 Å². The summed E-state index contributed by atoms with van der Waals surface area (Å²) in [5.74, 6) is 1.95. The maximum atomic E-state index is 9.68. The van der Waals surface area contributed by atoms with Crippen LogP contribution in [0, 0.1) is 0 Å². The van der Waals surface area contributed by atoms with Crippen molar-refractivity contribution < 1.29 is 24.4 Å². The van der Waals surface area contributed by atoms with E-state index in [9.17, 15) is 5.11 Å². The van der Waals surface area contributed by atoms with Gasteiger partial charge in [-0.2, -0.15) is 0 Å². The summed E-state index contributed by atoms with van der Waals surface area (Å²) in [6.07, 6.45) is -0.289. The lowest BCUT2D eigenvalue weighted by atomic mass is 9.93. The molecule has 1 rings (SSSR count). The predicted molar refractivity (Wildman–Crippen MR) is 86.1 cm³/mol. The van der Waals surface area contributed by atoms with Crippen LogP contribution in [0.25, 0.3) is 0 Å². The molecule has 0 aliphatic carbocycles. The smallest absolute Gasteiger partial charge is 0.203 e. The van der Waals surface area contributed by atoms with Crippen LogP contribution in [0.2, 0.25) is 0 Å². The molecule has 0 saturated heterocycles. The van der Waals surface area contributed by atoms with Crippen molar-refractivity contribution >= 4 is 0 Å². The molecule has 0 spiro atoms. The maximum absolute atomic E-state index is 9.68. The van der Waals surface area contributed by atoms with Crippen molar-refractivity contribution in [1.29, 1.82) is 0 Å². The van der Waals surface area contributed by atoms with Crippen LogP contribution in [-0.2, 0) is 0 Å². The average molecular weight is 312 g/mol. The summed E-state index contributed by atoms with van der Waals surface area (Å²) in [5.41, 5.74) is 0.946. The normalized spacial score (nSPS) is 13.5. The van der Waals surface area contributed by atoms with Crippen LogP contribution < -0.4 is 14.2 Å². The summed E-state index contributed by atoms with van der Waals surface area (Å²) in [7, 11) is 0. The van der Waals surface area contributed by atoms with Crippen LogP contribution in [0.3, 0.4) is 0 Å². The van der Waals surface area contributed by atoms with Gasteiger partial charge in [0.05, 0.1) is 32.5 Å². The van der Waals surface area contributed by atoms with Gasteiger partial charge >= 0.3 is 0 Å². The van der Waals surface area contributed by atoms with Crippen molar-refractivity contribution in [2.75, 3.05) is 26.4 Å². The van der Waals surface area contributed by atoms with Gasteiger partial charge < -0.3 is 24.4 Å². The molecule has 2 N–H and O–H groups in total. The SMILES string of the molecule is CCOc1ccc(C(C)CC(O)CO)c(OCC)c1OCC. The number of benzene rings is 1. The van der Waals surface area contributed by atoms with Gasteiger partial charge in [-0.15, -0.1) is 0 Å². The number of ether oxygens (including phenoxy) is 3. The Hall–Kier alpha value is -1.46. The number of hydrogen-bond acceptors (Lipinski definition) is 5. The molecule has 5 heteroatoms. The molecule has 0 saturated carbocycles. The Balaban J connectivity index is 3.22. The molecule has 0 bridgehead atoms. The fourth-order valence-corrected chi connectivity index (χ4v) is 2.40. The summed E-state index contributed by atoms with van der Waals surface area (Å²) in [5, 5.41) is 18.7. The van der Waals surface area contributed by atoms with Gasteiger partial charge in [0.25, 0.3) is 0 Å². The third-order valence-electron chi connectivity index (χ3n) is 3.35. The summed E-state index contributed by atoms with van der Waals surface area (Å²) < 4.78 is 17.1. The van der Waals surface area contributed by atoms with Gasteiger partial charge in [0.2, 0.25) is 5.75 Å². The van der Waals surface area contributed by atoms with Gasteiger partial charge in [-0.25, -0.2) is 0 Å². The number of aliphatic hydroxyl groups is 2. The van der Waals surface area contributed by atoms with E-state index < -0.39 is 6.10 Å². The highest BCUT2D eigenvalue weighted by Gasteiger charge is 2.22. The summed E-state index contributed by atoms with van der Waals surface area (Å²) in [6.45, 7) is 9.07. The van der Waals surface area contributed by atoms with E-state index in [1.165, 1.54) is 0 Å². The summed E-state index contributed by atoms with van der Waals surface area (Å²) in [4.78, 5) is 0. The highest BCUT2D eigenvalue weighted by molar-refractivity contribution is 5.56. The minimum atomic E-state index is -0.744. The standard InChI is InChI=1S/C17H28O5/c1-5-20-15-9-8-14(12(4)10-13(19)11-18)16(21-6-2)17(15)22-7-3/h8-9,12-13,18-19H,5-7,10-11H2,1-4H3. The minimum Gasteiger partial charge on any atom is -0.490 e. The zero-order valence-corrected chi connectivity index (χ0v) is 14.0. The Bertz CT molecular complexity index is 447. The Labute approximate surface area is 132 Å². The minimum absolute atomic E-state index is 0.0265. The molecule has 22 heavy (non-hydrogen) atoms. The van der Waals surface area contributed by atoms with Crippen LogP contribution >= 0.6 is 0 Å². The van der Waals surface area contributed by atoms with Gasteiger partial charge in [-0.05, 0) is 39.2 Å². The van der Waals surface area contributed by atoms with Crippen LogP contribution in [0.4, 0.5) is 0 Å². The van der Waals surface area contributed by atoms with Crippen LogP contribution in [0.1, 0.15) is 45.6 Å². The molecule has 2 atom stereocenters. The fourth-order valence-electron chi connectivity index (χ4n) is 2.40. The molecule has 126 valence electrons. The van der Waals surface area contributed by atoms with Crippen molar-refractivity contribution in [3.05, 3.63) is 17.7 Å². The molecule has 2 unspecified atom stereocenters. The second kappa shape index (κ2) is 9.54. The topological polar surface area (TPSA) is 68.2 Å². The lowest BCUT2D eigenvalue weighted by molar-refractivity contribution is 0.0832. The van der Waals surface area contributed by atoms with E-state index in [4.69, 9.17) is 19.3 Å². The molecule has 5 nitrogen and oxygen atoms in total. The molecule has 0 amide bonds. The Morgan fingerprint density at radius 2 is 1.55 bits per heavy atom. The van der Waals surface area contributed by atoms with Gasteiger partial charge in [-0.3, -0.25) is 0 Å². The van der Waals surface area contributed by atoms with E-state index >= 15 is 0 Å². The van der Waals surface area contributed by atoms with E-state index in [1.807, 2.05) is 39.8 Å². The molecule has 0 aliphatic rings. The first-order valence-electron chi connectivity index (χ1n) is 7.93. The summed E-state index contributed by atoms with van der Waals surface area (Å²) >= 11 is 0. The van der Waals surface area contributed by atoms with Gasteiger partial charge in [-0.1, -0.05) is 13.0 Å². The first-order valence-corrected chi connectivity index (χ1v) is 7.93. The molecular weight excluding hydrogens is 284 g/mol. The lowest BCUT2D eigenvalue weighted by Crippen LogP contribution is -2.16. The second-order valence-electron chi connectivity index (χ2n) is 5.08. The van der Waals surface area contributed by atoms with E-state index in [2.05, 4.69) is 0 Å². The molecule has 0 radical (unpaired) electrons. The van der Waals surface area contributed by atoms with E-state index in [-0.39, 0.29) is 12.5 Å². The van der Waals surface area contributed by atoms with E-state index in [1.54, 1.807) is 0 Å². The Kier molecular flexibility index (Phi) is 8.06. The largest absolute Gasteiger partial charge is 0.490 e. The molecule has 0 fully saturated rings. The second-order valence-corrected chi connectivity index (χ2v) is 5.08. The van der Waals surface area contributed by atoms with Crippen molar-refractivity contribution in [2.45, 2.75) is 46.1 Å². The Morgan fingerprint density at radius 1 is 0.955 bits per heavy atom. The predicted octanol–water partition coefficient (Wildman–Crippen LogP) is 2.73. The molecule has 0 aromatic heterocycles. The first kappa shape index (κ1) is 18.6. The number of aliphatic hydroxyl groups excluding tert-OH is 2. The molecule has 0 aliphatic heterocycles. The third kappa shape index (κ3) is 4.78. The highest BCUT2D eigenvalue weighted by Crippen LogP contribution is 2.44. The van der Waals surface area contributed by atoms with Gasteiger partial charge in [0, 0.05) is 5.56 Å². The van der Waals surface area contributed by atoms with E-state index in [0.717, 1.165) is 5.56 Å². The van der Waals surface area contributed by atoms with Crippen molar-refractivity contribution in [3.63, 3.8) is 0 Å². The van der Waals surface area contributed by atoms with Gasteiger partial charge in [0.15, 0.2) is 11.5 Å². The van der Waals surface area contributed by atoms with Crippen LogP contribution in [0.15, 0.2) is 12.1 Å². The van der Waals surface area contributed by atoms with Crippen molar-refractivity contribution in [2.24, 2.45) is 0 Å². The molecule has 1 aromatic carbocycles. The average Bonchev–Trinajstić information content (AvgIpc) is 2.50. The van der Waals surface area contributed by atoms with Crippen LogP contribution in [-0.4, -0.2) is 42.7 Å². The molecule has 1 aromatic rings. The fraction of sp³-hybridized carbons (Fsp3) is 0.647. The first-order chi connectivity index (χ1) is 10.6.